The Morgan fingerprint density at radius 3 is 2.44 bits per heavy atom. The number of carbonyl (C=O) groups is 1. The average molecular weight is 367 g/mol. The second kappa shape index (κ2) is 9.44. The van der Waals surface area contributed by atoms with Crippen molar-refractivity contribution >= 4 is 18.3 Å². The molecule has 2 aliphatic rings. The van der Waals surface area contributed by atoms with E-state index < -0.39 is 0 Å². The van der Waals surface area contributed by atoms with Crippen LogP contribution in [0.4, 0.5) is 0 Å². The SMILES string of the molecule is CCCOc1ccc(CNC(=O)C2CC3CCCC(C2)C3N)cc1.Cl. The first-order valence-electron chi connectivity index (χ1n) is 9.42. The Labute approximate surface area is 157 Å². The molecule has 2 saturated carbocycles. The molecular weight excluding hydrogens is 336 g/mol. The molecule has 140 valence electrons. The molecule has 0 heterocycles. The molecule has 1 aromatic rings. The molecule has 2 aliphatic carbocycles. The minimum atomic E-state index is 0. The summed E-state index contributed by atoms with van der Waals surface area (Å²) in [6.07, 6.45) is 6.61. The summed E-state index contributed by atoms with van der Waals surface area (Å²) in [5, 5.41) is 3.11. The van der Waals surface area contributed by atoms with Crippen LogP contribution in [0.25, 0.3) is 0 Å². The van der Waals surface area contributed by atoms with Gasteiger partial charge in [0.05, 0.1) is 6.61 Å². The zero-order chi connectivity index (χ0) is 16.9. The Morgan fingerprint density at radius 1 is 1.20 bits per heavy atom. The largest absolute Gasteiger partial charge is 0.494 e. The molecule has 5 heteroatoms. The first kappa shape index (κ1) is 20.1. The van der Waals surface area contributed by atoms with Gasteiger partial charge in [-0.05, 0) is 61.6 Å². The van der Waals surface area contributed by atoms with Crippen molar-refractivity contribution in [1.82, 2.24) is 5.32 Å². The van der Waals surface area contributed by atoms with Crippen molar-refractivity contribution in [3.63, 3.8) is 0 Å². The predicted molar refractivity (Wildman–Crippen MR) is 103 cm³/mol. The number of carbonyl (C=O) groups excluding carboxylic acids is 1. The smallest absolute Gasteiger partial charge is 0.223 e. The lowest BCUT2D eigenvalue weighted by atomic mass is 9.65. The van der Waals surface area contributed by atoms with E-state index in [2.05, 4.69) is 12.2 Å². The Hall–Kier alpha value is -1.26. The van der Waals surface area contributed by atoms with Crippen molar-refractivity contribution in [2.75, 3.05) is 6.61 Å². The molecule has 3 N–H and O–H groups in total. The molecule has 0 aromatic heterocycles. The zero-order valence-corrected chi connectivity index (χ0v) is 15.9. The maximum atomic E-state index is 12.5. The van der Waals surface area contributed by atoms with Gasteiger partial charge in [-0.3, -0.25) is 4.79 Å². The molecule has 0 aliphatic heterocycles. The van der Waals surface area contributed by atoms with Crippen LogP contribution in [0.5, 0.6) is 5.75 Å². The molecule has 2 bridgehead atoms. The van der Waals surface area contributed by atoms with E-state index in [1.165, 1.54) is 19.3 Å². The lowest BCUT2D eigenvalue weighted by Gasteiger charge is -2.43. The van der Waals surface area contributed by atoms with E-state index in [1.54, 1.807) is 0 Å². The third kappa shape index (κ3) is 5.11. The van der Waals surface area contributed by atoms with Crippen LogP contribution in [0.1, 0.15) is 51.0 Å². The van der Waals surface area contributed by atoms with Gasteiger partial charge in [0.15, 0.2) is 0 Å². The van der Waals surface area contributed by atoms with Crippen molar-refractivity contribution in [2.45, 2.75) is 58.0 Å². The van der Waals surface area contributed by atoms with Crippen LogP contribution >= 0.6 is 12.4 Å². The summed E-state index contributed by atoms with van der Waals surface area (Å²) < 4.78 is 5.58. The van der Waals surface area contributed by atoms with Gasteiger partial charge in [-0.25, -0.2) is 0 Å². The van der Waals surface area contributed by atoms with Crippen molar-refractivity contribution < 1.29 is 9.53 Å². The molecule has 3 rings (SSSR count). The van der Waals surface area contributed by atoms with Gasteiger partial charge in [0.2, 0.25) is 5.91 Å². The van der Waals surface area contributed by atoms with Gasteiger partial charge >= 0.3 is 0 Å². The fourth-order valence-electron chi connectivity index (χ4n) is 4.26. The first-order chi connectivity index (χ1) is 11.7. The van der Waals surface area contributed by atoms with E-state index in [0.29, 0.717) is 24.4 Å². The highest BCUT2D eigenvalue weighted by Gasteiger charge is 2.40. The number of hydrogen-bond acceptors (Lipinski definition) is 3. The number of ether oxygens (including phenoxy) is 1. The van der Waals surface area contributed by atoms with Crippen LogP contribution in [0.2, 0.25) is 0 Å². The van der Waals surface area contributed by atoms with Gasteiger partial charge in [-0.2, -0.15) is 0 Å². The van der Waals surface area contributed by atoms with Crippen LogP contribution in [-0.4, -0.2) is 18.6 Å². The van der Waals surface area contributed by atoms with Gasteiger partial charge in [0.1, 0.15) is 5.75 Å². The minimum absolute atomic E-state index is 0. The van der Waals surface area contributed by atoms with Crippen molar-refractivity contribution in [2.24, 2.45) is 23.5 Å². The van der Waals surface area contributed by atoms with Crippen LogP contribution in [0, 0.1) is 17.8 Å². The van der Waals surface area contributed by atoms with E-state index in [0.717, 1.165) is 37.2 Å². The number of amides is 1. The van der Waals surface area contributed by atoms with Crippen molar-refractivity contribution in [3.8, 4) is 5.75 Å². The molecule has 0 saturated heterocycles. The van der Waals surface area contributed by atoms with Crippen molar-refractivity contribution in [3.05, 3.63) is 29.8 Å². The lowest BCUT2D eigenvalue weighted by Crippen LogP contribution is -2.49. The number of fused-ring (bicyclic) bond motifs is 2. The third-order valence-electron chi connectivity index (χ3n) is 5.65. The summed E-state index contributed by atoms with van der Waals surface area (Å²) in [7, 11) is 0. The molecule has 0 radical (unpaired) electrons. The fourth-order valence-corrected chi connectivity index (χ4v) is 4.26. The molecule has 4 nitrogen and oxygen atoms in total. The highest BCUT2D eigenvalue weighted by atomic mass is 35.5. The average Bonchev–Trinajstić information content (AvgIpc) is 2.58. The van der Waals surface area contributed by atoms with Gasteiger partial charge in [0, 0.05) is 18.5 Å². The summed E-state index contributed by atoms with van der Waals surface area (Å²) in [4.78, 5) is 12.5. The van der Waals surface area contributed by atoms with Crippen LogP contribution in [-0.2, 0) is 11.3 Å². The van der Waals surface area contributed by atoms with E-state index in [1.807, 2.05) is 24.3 Å². The van der Waals surface area contributed by atoms with Crippen LogP contribution in [0.3, 0.4) is 0 Å². The van der Waals surface area contributed by atoms with Gasteiger partial charge in [-0.1, -0.05) is 25.5 Å². The molecule has 2 unspecified atom stereocenters. The standard InChI is InChI=1S/C20H30N2O2.ClH/c1-2-10-24-18-8-6-14(7-9-18)13-22-20(23)17-11-15-4-3-5-16(12-17)19(15)21;/h6-9,15-17,19H,2-5,10-13,21H2,1H3,(H,22,23);1H. The summed E-state index contributed by atoms with van der Waals surface area (Å²) in [5.74, 6) is 2.32. The third-order valence-corrected chi connectivity index (χ3v) is 5.65. The number of nitrogens with two attached hydrogens (primary N) is 1. The Kier molecular flexibility index (Phi) is 7.57. The lowest BCUT2D eigenvalue weighted by molar-refractivity contribution is -0.128. The highest BCUT2D eigenvalue weighted by molar-refractivity contribution is 5.85. The molecule has 1 aromatic carbocycles. The monoisotopic (exact) mass is 366 g/mol. The topological polar surface area (TPSA) is 64.3 Å². The molecule has 25 heavy (non-hydrogen) atoms. The van der Waals surface area contributed by atoms with Crippen LogP contribution in [0.15, 0.2) is 24.3 Å². The molecular formula is C20H31ClN2O2. The number of halogens is 1. The highest BCUT2D eigenvalue weighted by Crippen LogP contribution is 2.41. The van der Waals surface area contributed by atoms with E-state index in [4.69, 9.17) is 10.5 Å². The second-order valence-electron chi connectivity index (χ2n) is 7.41. The second-order valence-corrected chi connectivity index (χ2v) is 7.41. The molecule has 2 fully saturated rings. The number of rotatable bonds is 6. The number of nitrogens with one attached hydrogen (secondary N) is 1. The van der Waals surface area contributed by atoms with E-state index in [-0.39, 0.29) is 24.2 Å². The summed E-state index contributed by atoms with van der Waals surface area (Å²) in [5.41, 5.74) is 7.43. The van der Waals surface area contributed by atoms with Gasteiger partial charge in [0.25, 0.3) is 0 Å². The Bertz CT molecular complexity index is 535. The van der Waals surface area contributed by atoms with Crippen molar-refractivity contribution in [1.29, 1.82) is 0 Å². The normalized spacial score (nSPS) is 27.9. The predicted octanol–water partition coefficient (Wildman–Crippen LogP) is 3.67. The van der Waals surface area contributed by atoms with Crippen LogP contribution < -0.4 is 15.8 Å². The maximum Gasteiger partial charge on any atom is 0.223 e. The summed E-state index contributed by atoms with van der Waals surface area (Å²) in [6.45, 7) is 3.42. The first-order valence-corrected chi connectivity index (χ1v) is 9.42. The Balaban J connectivity index is 0.00000225. The molecule has 1 amide bonds. The van der Waals surface area contributed by atoms with Gasteiger partial charge < -0.3 is 15.8 Å². The minimum Gasteiger partial charge on any atom is -0.494 e. The van der Waals surface area contributed by atoms with E-state index >= 15 is 0 Å². The summed E-state index contributed by atoms with van der Waals surface area (Å²) in [6, 6.07) is 8.31. The molecule has 2 atom stereocenters. The number of benzene rings is 1. The Morgan fingerprint density at radius 2 is 1.84 bits per heavy atom. The molecule has 0 spiro atoms. The number of hydrogen-bond donors (Lipinski definition) is 2. The zero-order valence-electron chi connectivity index (χ0n) is 15.1. The summed E-state index contributed by atoms with van der Waals surface area (Å²) >= 11 is 0. The van der Waals surface area contributed by atoms with Gasteiger partial charge in [-0.15, -0.1) is 12.4 Å². The quantitative estimate of drug-likeness (QED) is 0.807. The fraction of sp³-hybridized carbons (Fsp3) is 0.650. The maximum absolute atomic E-state index is 12.5. The van der Waals surface area contributed by atoms with E-state index in [9.17, 15) is 4.79 Å².